The average molecular weight is 310 g/mol. The number of thiazole rings is 1. The lowest BCUT2D eigenvalue weighted by Crippen LogP contribution is -2.03. The van der Waals surface area contributed by atoms with Gasteiger partial charge in [0.05, 0.1) is 0 Å². The van der Waals surface area contributed by atoms with Crippen LogP contribution in [0.5, 0.6) is 5.75 Å². The third-order valence-corrected chi connectivity index (χ3v) is 4.08. The lowest BCUT2D eigenvalue weighted by atomic mass is 10.1. The van der Waals surface area contributed by atoms with Crippen LogP contribution < -0.4 is 10.1 Å². The SMILES string of the molecule is Cc1ccc(COc2ccccc2CNc2nccs2)cc1. The summed E-state index contributed by atoms with van der Waals surface area (Å²) in [5, 5.41) is 6.20. The zero-order valence-corrected chi connectivity index (χ0v) is 13.3. The topological polar surface area (TPSA) is 34.1 Å². The van der Waals surface area contributed by atoms with Crippen molar-refractivity contribution in [2.75, 3.05) is 5.32 Å². The highest BCUT2D eigenvalue weighted by molar-refractivity contribution is 7.13. The van der Waals surface area contributed by atoms with E-state index >= 15 is 0 Å². The molecule has 4 heteroatoms. The zero-order valence-electron chi connectivity index (χ0n) is 12.5. The van der Waals surface area contributed by atoms with E-state index in [-0.39, 0.29) is 0 Å². The van der Waals surface area contributed by atoms with Gasteiger partial charge in [-0.15, -0.1) is 11.3 Å². The maximum Gasteiger partial charge on any atom is 0.182 e. The Morgan fingerprint density at radius 3 is 2.68 bits per heavy atom. The second-order valence-corrected chi connectivity index (χ2v) is 5.97. The second-order valence-electron chi connectivity index (χ2n) is 5.07. The summed E-state index contributed by atoms with van der Waals surface area (Å²) in [6.07, 6.45) is 1.80. The van der Waals surface area contributed by atoms with Crippen molar-refractivity contribution in [1.82, 2.24) is 4.98 Å². The van der Waals surface area contributed by atoms with E-state index in [1.165, 1.54) is 11.1 Å². The normalized spacial score (nSPS) is 10.4. The van der Waals surface area contributed by atoms with Gasteiger partial charge in [-0.3, -0.25) is 0 Å². The van der Waals surface area contributed by atoms with Gasteiger partial charge in [0, 0.05) is 23.7 Å². The van der Waals surface area contributed by atoms with E-state index in [9.17, 15) is 0 Å². The highest BCUT2D eigenvalue weighted by Crippen LogP contribution is 2.21. The second kappa shape index (κ2) is 7.09. The zero-order chi connectivity index (χ0) is 15.2. The summed E-state index contributed by atoms with van der Waals surface area (Å²) in [5.74, 6) is 0.909. The number of para-hydroxylation sites is 1. The highest BCUT2D eigenvalue weighted by Gasteiger charge is 2.04. The molecule has 0 atom stereocenters. The van der Waals surface area contributed by atoms with Crippen molar-refractivity contribution in [2.45, 2.75) is 20.1 Å². The molecular formula is C18H18N2OS. The number of anilines is 1. The summed E-state index contributed by atoms with van der Waals surface area (Å²) in [4.78, 5) is 4.23. The number of rotatable bonds is 6. The van der Waals surface area contributed by atoms with E-state index in [0.717, 1.165) is 16.4 Å². The summed E-state index contributed by atoms with van der Waals surface area (Å²) in [6, 6.07) is 16.5. The van der Waals surface area contributed by atoms with E-state index in [2.05, 4.69) is 47.6 Å². The fourth-order valence-electron chi connectivity index (χ4n) is 2.12. The first-order valence-electron chi connectivity index (χ1n) is 7.21. The minimum Gasteiger partial charge on any atom is -0.489 e. The van der Waals surface area contributed by atoms with Crippen molar-refractivity contribution >= 4 is 16.5 Å². The van der Waals surface area contributed by atoms with Crippen LogP contribution in [-0.4, -0.2) is 4.98 Å². The van der Waals surface area contributed by atoms with Gasteiger partial charge in [-0.25, -0.2) is 4.98 Å². The molecule has 1 heterocycles. The first kappa shape index (κ1) is 14.6. The fourth-order valence-corrected chi connectivity index (χ4v) is 2.65. The van der Waals surface area contributed by atoms with Gasteiger partial charge in [0.1, 0.15) is 12.4 Å². The maximum absolute atomic E-state index is 5.98. The number of aromatic nitrogens is 1. The summed E-state index contributed by atoms with van der Waals surface area (Å²) in [6.45, 7) is 3.37. The van der Waals surface area contributed by atoms with Crippen LogP contribution in [-0.2, 0) is 13.2 Å². The maximum atomic E-state index is 5.98. The molecule has 22 heavy (non-hydrogen) atoms. The van der Waals surface area contributed by atoms with Gasteiger partial charge >= 0.3 is 0 Å². The Morgan fingerprint density at radius 2 is 1.91 bits per heavy atom. The van der Waals surface area contributed by atoms with Gasteiger partial charge in [-0.2, -0.15) is 0 Å². The van der Waals surface area contributed by atoms with Crippen LogP contribution in [0.25, 0.3) is 0 Å². The van der Waals surface area contributed by atoms with E-state index in [1.807, 2.05) is 23.6 Å². The number of aryl methyl sites for hydroxylation is 1. The molecule has 0 amide bonds. The van der Waals surface area contributed by atoms with Gasteiger partial charge in [-0.1, -0.05) is 48.0 Å². The minimum atomic E-state index is 0.578. The van der Waals surface area contributed by atoms with Crippen LogP contribution in [0.2, 0.25) is 0 Å². The van der Waals surface area contributed by atoms with Gasteiger partial charge in [0.25, 0.3) is 0 Å². The van der Waals surface area contributed by atoms with Crippen LogP contribution in [0.3, 0.4) is 0 Å². The number of hydrogen-bond donors (Lipinski definition) is 1. The summed E-state index contributed by atoms with van der Waals surface area (Å²) < 4.78 is 5.98. The summed E-state index contributed by atoms with van der Waals surface area (Å²) in [7, 11) is 0. The van der Waals surface area contributed by atoms with Gasteiger partial charge < -0.3 is 10.1 Å². The van der Waals surface area contributed by atoms with Crippen molar-refractivity contribution in [2.24, 2.45) is 0 Å². The Morgan fingerprint density at radius 1 is 1.09 bits per heavy atom. The average Bonchev–Trinajstić information content (AvgIpc) is 3.07. The Kier molecular flexibility index (Phi) is 4.71. The minimum absolute atomic E-state index is 0.578. The molecule has 112 valence electrons. The van der Waals surface area contributed by atoms with Gasteiger partial charge in [0.15, 0.2) is 5.13 Å². The van der Waals surface area contributed by atoms with Crippen molar-refractivity contribution in [3.63, 3.8) is 0 Å². The monoisotopic (exact) mass is 310 g/mol. The third-order valence-electron chi connectivity index (χ3n) is 3.35. The van der Waals surface area contributed by atoms with E-state index in [0.29, 0.717) is 13.2 Å². The fraction of sp³-hybridized carbons (Fsp3) is 0.167. The molecule has 0 fully saturated rings. The molecule has 1 aromatic heterocycles. The van der Waals surface area contributed by atoms with Crippen LogP contribution in [0.15, 0.2) is 60.1 Å². The molecule has 0 aliphatic carbocycles. The van der Waals surface area contributed by atoms with Crippen molar-refractivity contribution < 1.29 is 4.74 Å². The Bertz CT molecular complexity index is 708. The number of hydrogen-bond acceptors (Lipinski definition) is 4. The Labute approximate surface area is 134 Å². The first-order valence-corrected chi connectivity index (χ1v) is 8.09. The Balaban J connectivity index is 1.64. The molecule has 3 aromatic rings. The van der Waals surface area contributed by atoms with E-state index in [4.69, 9.17) is 4.74 Å². The molecule has 0 radical (unpaired) electrons. The molecule has 0 unspecified atom stereocenters. The first-order chi connectivity index (χ1) is 10.8. The molecule has 0 saturated heterocycles. The summed E-state index contributed by atoms with van der Waals surface area (Å²) in [5.41, 5.74) is 3.56. The smallest absolute Gasteiger partial charge is 0.182 e. The van der Waals surface area contributed by atoms with Crippen LogP contribution in [0, 0.1) is 6.92 Å². The molecule has 3 rings (SSSR count). The van der Waals surface area contributed by atoms with E-state index in [1.54, 1.807) is 17.5 Å². The molecule has 0 spiro atoms. The van der Waals surface area contributed by atoms with Crippen LogP contribution in [0.4, 0.5) is 5.13 Å². The van der Waals surface area contributed by atoms with Crippen molar-refractivity contribution in [1.29, 1.82) is 0 Å². The number of ether oxygens (including phenoxy) is 1. The number of nitrogens with one attached hydrogen (secondary N) is 1. The lowest BCUT2D eigenvalue weighted by Gasteiger charge is -2.12. The Hall–Kier alpha value is -2.33. The number of nitrogens with zero attached hydrogens (tertiary/aromatic N) is 1. The van der Waals surface area contributed by atoms with Crippen molar-refractivity contribution in [3.8, 4) is 5.75 Å². The molecule has 1 N–H and O–H groups in total. The predicted molar refractivity (Wildman–Crippen MR) is 91.4 cm³/mol. The standard InChI is InChI=1S/C18H18N2OS/c1-14-6-8-15(9-7-14)13-21-17-5-3-2-4-16(17)12-20-18-19-10-11-22-18/h2-11H,12-13H2,1H3,(H,19,20). The lowest BCUT2D eigenvalue weighted by molar-refractivity contribution is 0.303. The molecule has 0 aliphatic heterocycles. The van der Waals surface area contributed by atoms with Gasteiger partial charge in [0.2, 0.25) is 0 Å². The molecule has 0 saturated carbocycles. The molecular weight excluding hydrogens is 292 g/mol. The molecule has 2 aromatic carbocycles. The van der Waals surface area contributed by atoms with E-state index < -0.39 is 0 Å². The van der Waals surface area contributed by atoms with Crippen molar-refractivity contribution in [3.05, 3.63) is 76.8 Å². The predicted octanol–water partition coefficient (Wildman–Crippen LogP) is 4.64. The van der Waals surface area contributed by atoms with Crippen LogP contribution >= 0.6 is 11.3 Å². The summed E-state index contributed by atoms with van der Waals surface area (Å²) >= 11 is 1.60. The molecule has 0 bridgehead atoms. The van der Waals surface area contributed by atoms with Crippen LogP contribution in [0.1, 0.15) is 16.7 Å². The number of benzene rings is 2. The third kappa shape index (κ3) is 3.86. The highest BCUT2D eigenvalue weighted by atomic mass is 32.1. The molecule has 0 aliphatic rings. The quantitative estimate of drug-likeness (QED) is 0.720. The largest absolute Gasteiger partial charge is 0.489 e. The molecule has 3 nitrogen and oxygen atoms in total. The van der Waals surface area contributed by atoms with Gasteiger partial charge in [-0.05, 0) is 18.6 Å².